The van der Waals surface area contributed by atoms with Gasteiger partial charge < -0.3 is 5.11 Å². The van der Waals surface area contributed by atoms with Crippen molar-refractivity contribution < 1.29 is 13.9 Å². The quantitative estimate of drug-likeness (QED) is 0.840. The van der Waals surface area contributed by atoms with Crippen molar-refractivity contribution in [1.29, 1.82) is 0 Å². The number of aliphatic hydroxyl groups is 1. The lowest BCUT2D eigenvalue weighted by Gasteiger charge is -2.19. The molecule has 0 aliphatic heterocycles. The van der Waals surface area contributed by atoms with Crippen molar-refractivity contribution in [3.8, 4) is 0 Å². The van der Waals surface area contributed by atoms with Crippen LogP contribution in [0, 0.1) is 5.92 Å². The second-order valence-electron chi connectivity index (χ2n) is 5.81. The molecule has 1 nitrogen and oxygen atoms in total. The lowest BCUT2D eigenvalue weighted by atomic mass is 9.86. The van der Waals surface area contributed by atoms with E-state index in [2.05, 4.69) is 20.8 Å². The normalized spacial score (nSPS) is 26.9. The maximum absolute atomic E-state index is 13.3. The Morgan fingerprint density at radius 2 is 1.71 bits per heavy atom. The molecule has 0 saturated heterocycles. The minimum absolute atomic E-state index is 0.0287. The van der Waals surface area contributed by atoms with Gasteiger partial charge in [-0.25, -0.2) is 8.78 Å². The molecule has 2 atom stereocenters. The standard InChI is InChI=1S/C14H18F2O/c1-13(2,3)10-6-4-9(5-7-10)12-11(8-17)14(12,15)16/h4-7,11-12,17H,8H2,1-3H3/t11-,12+/m1/s1. The van der Waals surface area contributed by atoms with E-state index in [4.69, 9.17) is 5.11 Å². The number of benzene rings is 1. The Labute approximate surface area is 100 Å². The Morgan fingerprint density at radius 1 is 1.18 bits per heavy atom. The second-order valence-corrected chi connectivity index (χ2v) is 5.81. The maximum Gasteiger partial charge on any atom is 0.261 e. The van der Waals surface area contributed by atoms with Crippen LogP contribution < -0.4 is 0 Å². The van der Waals surface area contributed by atoms with Crippen LogP contribution in [0.4, 0.5) is 8.78 Å². The Bertz CT molecular complexity index is 403. The number of hydrogen-bond donors (Lipinski definition) is 1. The molecule has 1 aromatic carbocycles. The van der Waals surface area contributed by atoms with Gasteiger partial charge in [0, 0.05) is 0 Å². The largest absolute Gasteiger partial charge is 0.396 e. The molecule has 0 unspecified atom stereocenters. The first-order valence-corrected chi connectivity index (χ1v) is 5.87. The molecule has 1 fully saturated rings. The zero-order chi connectivity index (χ0) is 12.8. The third kappa shape index (κ3) is 2.08. The first-order valence-electron chi connectivity index (χ1n) is 5.87. The summed E-state index contributed by atoms with van der Waals surface area (Å²) in [5.74, 6) is -4.44. The van der Waals surface area contributed by atoms with E-state index in [0.29, 0.717) is 5.56 Å². The Kier molecular flexibility index (Phi) is 2.77. The molecule has 3 heteroatoms. The topological polar surface area (TPSA) is 20.2 Å². The molecule has 2 rings (SSSR count). The lowest BCUT2D eigenvalue weighted by Crippen LogP contribution is -2.10. The fraction of sp³-hybridized carbons (Fsp3) is 0.571. The van der Waals surface area contributed by atoms with Gasteiger partial charge in [0.15, 0.2) is 0 Å². The van der Waals surface area contributed by atoms with Gasteiger partial charge in [0.1, 0.15) is 0 Å². The Hall–Kier alpha value is -0.960. The predicted octanol–water partition coefficient (Wildman–Crippen LogP) is 3.33. The van der Waals surface area contributed by atoms with Crippen LogP contribution >= 0.6 is 0 Å². The summed E-state index contributed by atoms with van der Waals surface area (Å²) in [6.45, 7) is 5.82. The van der Waals surface area contributed by atoms with Crippen molar-refractivity contribution in [2.24, 2.45) is 5.92 Å². The molecule has 1 aliphatic rings. The van der Waals surface area contributed by atoms with Crippen LogP contribution in [0.15, 0.2) is 24.3 Å². The van der Waals surface area contributed by atoms with Crippen molar-refractivity contribution in [3.63, 3.8) is 0 Å². The number of hydrogen-bond acceptors (Lipinski definition) is 1. The zero-order valence-electron chi connectivity index (χ0n) is 10.4. The van der Waals surface area contributed by atoms with Crippen LogP contribution in [0.5, 0.6) is 0 Å². The third-order valence-electron chi connectivity index (χ3n) is 3.53. The Balaban J connectivity index is 2.21. The smallest absolute Gasteiger partial charge is 0.261 e. The summed E-state index contributed by atoms with van der Waals surface area (Å²) in [4.78, 5) is 0. The van der Waals surface area contributed by atoms with Crippen LogP contribution in [0.25, 0.3) is 0 Å². The highest BCUT2D eigenvalue weighted by Gasteiger charge is 2.68. The van der Waals surface area contributed by atoms with Crippen molar-refractivity contribution in [1.82, 2.24) is 0 Å². The summed E-state index contributed by atoms with van der Waals surface area (Å²) in [6.07, 6.45) is 0. The molecule has 94 valence electrons. The van der Waals surface area contributed by atoms with E-state index in [-0.39, 0.29) is 5.41 Å². The first kappa shape index (κ1) is 12.5. The van der Waals surface area contributed by atoms with E-state index in [1.807, 2.05) is 12.1 Å². The van der Waals surface area contributed by atoms with Crippen LogP contribution in [0.1, 0.15) is 37.8 Å². The van der Waals surface area contributed by atoms with Gasteiger partial charge >= 0.3 is 0 Å². The Morgan fingerprint density at radius 3 is 2.06 bits per heavy atom. The highest BCUT2D eigenvalue weighted by atomic mass is 19.3. The fourth-order valence-electron chi connectivity index (χ4n) is 2.26. The van der Waals surface area contributed by atoms with E-state index in [1.165, 1.54) is 0 Å². The molecule has 0 spiro atoms. The molecule has 0 heterocycles. The molecule has 0 aromatic heterocycles. The van der Waals surface area contributed by atoms with Crippen LogP contribution in [0.3, 0.4) is 0 Å². The molecular weight excluding hydrogens is 222 g/mol. The minimum atomic E-state index is -2.74. The summed E-state index contributed by atoms with van der Waals surface area (Å²) in [6, 6.07) is 7.32. The van der Waals surface area contributed by atoms with Gasteiger partial charge in [-0.1, -0.05) is 45.0 Å². The maximum atomic E-state index is 13.3. The zero-order valence-corrected chi connectivity index (χ0v) is 10.4. The fourth-order valence-corrected chi connectivity index (χ4v) is 2.26. The van der Waals surface area contributed by atoms with E-state index in [9.17, 15) is 8.78 Å². The van der Waals surface area contributed by atoms with Crippen LogP contribution in [-0.2, 0) is 5.41 Å². The van der Waals surface area contributed by atoms with Crippen molar-refractivity contribution >= 4 is 0 Å². The van der Waals surface area contributed by atoms with Crippen molar-refractivity contribution in [2.45, 2.75) is 38.0 Å². The summed E-state index contributed by atoms with van der Waals surface area (Å²) in [7, 11) is 0. The highest BCUT2D eigenvalue weighted by molar-refractivity contribution is 5.36. The number of alkyl halides is 2. The number of halogens is 2. The lowest BCUT2D eigenvalue weighted by molar-refractivity contribution is 0.0785. The minimum Gasteiger partial charge on any atom is -0.396 e. The molecule has 1 aliphatic carbocycles. The molecule has 17 heavy (non-hydrogen) atoms. The summed E-state index contributed by atoms with van der Waals surface area (Å²) in [5, 5.41) is 8.88. The highest BCUT2D eigenvalue weighted by Crippen LogP contribution is 2.61. The van der Waals surface area contributed by atoms with Crippen molar-refractivity contribution in [3.05, 3.63) is 35.4 Å². The van der Waals surface area contributed by atoms with E-state index >= 15 is 0 Å². The van der Waals surface area contributed by atoms with Gasteiger partial charge in [-0.2, -0.15) is 0 Å². The molecule has 0 radical (unpaired) electrons. The van der Waals surface area contributed by atoms with Crippen LogP contribution in [-0.4, -0.2) is 17.6 Å². The van der Waals surface area contributed by atoms with E-state index in [1.54, 1.807) is 12.1 Å². The molecule has 1 N–H and O–H groups in total. The van der Waals surface area contributed by atoms with Gasteiger partial charge in [-0.05, 0) is 16.5 Å². The van der Waals surface area contributed by atoms with Gasteiger partial charge in [-0.15, -0.1) is 0 Å². The van der Waals surface area contributed by atoms with Gasteiger partial charge in [0.05, 0.1) is 18.4 Å². The van der Waals surface area contributed by atoms with Crippen molar-refractivity contribution in [2.75, 3.05) is 6.61 Å². The SMILES string of the molecule is CC(C)(C)c1ccc([C@H]2[C@@H](CO)C2(F)F)cc1. The van der Waals surface area contributed by atoms with E-state index in [0.717, 1.165) is 5.56 Å². The summed E-state index contributed by atoms with van der Waals surface area (Å²) < 4.78 is 26.6. The summed E-state index contributed by atoms with van der Waals surface area (Å²) in [5.41, 5.74) is 1.79. The van der Waals surface area contributed by atoms with Gasteiger partial charge in [0.2, 0.25) is 0 Å². The average Bonchev–Trinajstić information content (AvgIpc) is 2.79. The van der Waals surface area contributed by atoms with Gasteiger partial charge in [0.25, 0.3) is 5.92 Å². The summed E-state index contributed by atoms with van der Waals surface area (Å²) >= 11 is 0. The monoisotopic (exact) mass is 240 g/mol. The first-order chi connectivity index (χ1) is 7.78. The number of rotatable bonds is 2. The molecule has 1 aromatic rings. The molecule has 0 amide bonds. The van der Waals surface area contributed by atoms with E-state index < -0.39 is 24.4 Å². The van der Waals surface area contributed by atoms with Crippen LogP contribution in [0.2, 0.25) is 0 Å². The predicted molar refractivity (Wildman–Crippen MR) is 63.4 cm³/mol. The molecular formula is C14H18F2O. The average molecular weight is 240 g/mol. The number of aliphatic hydroxyl groups excluding tert-OH is 1. The second kappa shape index (κ2) is 3.77. The molecule has 1 saturated carbocycles. The molecule has 0 bridgehead atoms. The third-order valence-corrected chi connectivity index (χ3v) is 3.53. The van der Waals surface area contributed by atoms with Gasteiger partial charge in [-0.3, -0.25) is 0 Å².